The molecule has 2 amide bonds. The molecule has 0 bridgehead atoms. The normalized spacial score (nSPS) is 23.9. The summed E-state index contributed by atoms with van der Waals surface area (Å²) in [6, 6.07) is 9.16. The van der Waals surface area contributed by atoms with Gasteiger partial charge in [-0.2, -0.15) is 0 Å². The molecule has 1 saturated carbocycles. The van der Waals surface area contributed by atoms with Gasteiger partial charge in [0.25, 0.3) is 0 Å². The quantitative estimate of drug-likeness (QED) is 0.623. The highest BCUT2D eigenvalue weighted by atomic mass is 35.5. The number of pyridine rings is 1. The number of carboxylic acids is 1. The molecule has 3 heterocycles. The lowest BCUT2D eigenvalue weighted by molar-refractivity contribution is -0.157. The van der Waals surface area contributed by atoms with Gasteiger partial charge in [-0.05, 0) is 55.5 Å². The van der Waals surface area contributed by atoms with E-state index in [1.165, 1.54) is 0 Å². The summed E-state index contributed by atoms with van der Waals surface area (Å²) in [7, 11) is 0. The third-order valence-corrected chi connectivity index (χ3v) is 7.96. The smallest absolute Gasteiger partial charge is 0.307 e. The number of amides is 2. The van der Waals surface area contributed by atoms with Crippen molar-refractivity contribution in [3.63, 3.8) is 0 Å². The van der Waals surface area contributed by atoms with Gasteiger partial charge in [0.15, 0.2) is 0 Å². The molecule has 190 valence electrons. The van der Waals surface area contributed by atoms with Gasteiger partial charge in [0.1, 0.15) is 18.5 Å². The maximum Gasteiger partial charge on any atom is 0.307 e. The maximum absolute atomic E-state index is 14.0. The van der Waals surface area contributed by atoms with Crippen LogP contribution in [0.3, 0.4) is 0 Å². The van der Waals surface area contributed by atoms with Crippen LogP contribution >= 0.6 is 11.6 Å². The molecule has 9 heteroatoms. The number of carbonyl (C=O) groups excluding carboxylic acids is 2. The SMILES string of the molecule is O=C(O)C1CCCCC1C(=O)N1CCc2c(Cl)ccc(OCc3ccccn3)c2C1N1CCCC1=O. The van der Waals surface area contributed by atoms with E-state index >= 15 is 0 Å². The number of halogens is 1. The fourth-order valence-electron chi connectivity index (χ4n) is 5.84. The fraction of sp³-hybridized carbons (Fsp3) is 0.481. The molecule has 3 atom stereocenters. The average molecular weight is 512 g/mol. The Morgan fingerprint density at radius 1 is 1.06 bits per heavy atom. The highest BCUT2D eigenvalue weighted by Gasteiger charge is 2.45. The van der Waals surface area contributed by atoms with Crippen molar-refractivity contribution < 1.29 is 24.2 Å². The van der Waals surface area contributed by atoms with Crippen LogP contribution < -0.4 is 4.74 Å². The minimum Gasteiger partial charge on any atom is -0.487 e. The zero-order chi connectivity index (χ0) is 25.2. The molecule has 1 saturated heterocycles. The molecule has 1 N–H and O–H groups in total. The molecule has 1 aliphatic carbocycles. The van der Waals surface area contributed by atoms with Crippen molar-refractivity contribution >= 4 is 29.4 Å². The van der Waals surface area contributed by atoms with E-state index in [1.54, 1.807) is 28.1 Å². The van der Waals surface area contributed by atoms with E-state index in [1.807, 2.05) is 18.2 Å². The van der Waals surface area contributed by atoms with Crippen molar-refractivity contribution in [1.82, 2.24) is 14.8 Å². The van der Waals surface area contributed by atoms with Gasteiger partial charge < -0.3 is 19.6 Å². The van der Waals surface area contributed by atoms with Crippen LogP contribution in [0.5, 0.6) is 5.75 Å². The summed E-state index contributed by atoms with van der Waals surface area (Å²) >= 11 is 6.63. The third-order valence-electron chi connectivity index (χ3n) is 7.61. The monoisotopic (exact) mass is 511 g/mol. The molecule has 0 radical (unpaired) electrons. The molecule has 2 fully saturated rings. The van der Waals surface area contributed by atoms with Crippen molar-refractivity contribution in [2.75, 3.05) is 13.1 Å². The zero-order valence-electron chi connectivity index (χ0n) is 20.1. The van der Waals surface area contributed by atoms with Gasteiger partial charge in [-0.15, -0.1) is 0 Å². The summed E-state index contributed by atoms with van der Waals surface area (Å²) in [5.41, 5.74) is 2.34. The first-order valence-electron chi connectivity index (χ1n) is 12.6. The number of carboxylic acid groups (broad SMARTS) is 1. The van der Waals surface area contributed by atoms with Crippen LogP contribution in [-0.2, 0) is 27.4 Å². The lowest BCUT2D eigenvalue weighted by Crippen LogP contribution is -2.52. The van der Waals surface area contributed by atoms with Gasteiger partial charge >= 0.3 is 5.97 Å². The molecule has 3 aliphatic rings. The van der Waals surface area contributed by atoms with Crippen LogP contribution in [0, 0.1) is 11.8 Å². The Kier molecular flexibility index (Phi) is 7.14. The van der Waals surface area contributed by atoms with Crippen LogP contribution in [0.4, 0.5) is 0 Å². The van der Waals surface area contributed by atoms with E-state index in [4.69, 9.17) is 16.3 Å². The summed E-state index contributed by atoms with van der Waals surface area (Å²) in [6.07, 6.45) is 5.31. The number of aromatic nitrogens is 1. The van der Waals surface area contributed by atoms with Crippen LogP contribution in [0.25, 0.3) is 0 Å². The first-order chi connectivity index (χ1) is 17.5. The second-order valence-electron chi connectivity index (χ2n) is 9.73. The number of benzene rings is 1. The number of ether oxygens (including phenoxy) is 1. The second-order valence-corrected chi connectivity index (χ2v) is 10.1. The van der Waals surface area contributed by atoms with Gasteiger partial charge in [0, 0.05) is 36.3 Å². The molecule has 5 rings (SSSR count). The van der Waals surface area contributed by atoms with E-state index in [0.717, 1.165) is 29.7 Å². The Balaban J connectivity index is 1.54. The minimum atomic E-state index is -0.929. The van der Waals surface area contributed by atoms with Crippen LogP contribution in [0.2, 0.25) is 5.02 Å². The molecule has 1 aromatic carbocycles. The molecule has 2 aromatic rings. The Morgan fingerprint density at radius 2 is 1.86 bits per heavy atom. The Labute approximate surface area is 215 Å². The number of aliphatic carboxylic acids is 1. The largest absolute Gasteiger partial charge is 0.487 e. The molecule has 8 nitrogen and oxygen atoms in total. The Hall–Kier alpha value is -3.13. The average Bonchev–Trinajstić information content (AvgIpc) is 3.33. The molecule has 3 unspecified atom stereocenters. The van der Waals surface area contributed by atoms with Crippen molar-refractivity contribution in [2.24, 2.45) is 11.8 Å². The van der Waals surface area contributed by atoms with E-state index in [9.17, 15) is 19.5 Å². The third kappa shape index (κ3) is 4.66. The lowest BCUT2D eigenvalue weighted by Gasteiger charge is -2.45. The molecule has 2 aliphatic heterocycles. The van der Waals surface area contributed by atoms with Crippen molar-refractivity contribution in [3.05, 3.63) is 58.4 Å². The summed E-state index contributed by atoms with van der Waals surface area (Å²) in [5, 5.41) is 10.4. The van der Waals surface area contributed by atoms with E-state index in [0.29, 0.717) is 56.0 Å². The van der Waals surface area contributed by atoms with Gasteiger partial charge in [0.05, 0.1) is 17.5 Å². The topological polar surface area (TPSA) is 100 Å². The predicted octanol–water partition coefficient (Wildman–Crippen LogP) is 4.21. The van der Waals surface area contributed by atoms with Crippen LogP contribution in [-0.4, -0.2) is 50.8 Å². The molecule has 1 aromatic heterocycles. The second kappa shape index (κ2) is 10.5. The Bertz CT molecular complexity index is 1160. The van der Waals surface area contributed by atoms with Crippen molar-refractivity contribution in [1.29, 1.82) is 0 Å². The molecular formula is C27H30ClN3O5. The number of likely N-dealkylation sites (tertiary alicyclic amines) is 1. The highest BCUT2D eigenvalue weighted by molar-refractivity contribution is 6.31. The predicted molar refractivity (Wildman–Crippen MR) is 132 cm³/mol. The van der Waals surface area contributed by atoms with Gasteiger partial charge in [0.2, 0.25) is 11.8 Å². The lowest BCUT2D eigenvalue weighted by atomic mass is 9.78. The van der Waals surface area contributed by atoms with E-state index in [2.05, 4.69) is 4.98 Å². The summed E-state index contributed by atoms with van der Waals surface area (Å²) < 4.78 is 6.21. The van der Waals surface area contributed by atoms with Crippen molar-refractivity contribution in [3.8, 4) is 5.75 Å². The standard InChI is InChI=1S/C27H30ClN3O5/c28-21-10-11-22(36-16-17-6-3-4-13-29-17)24-20(21)12-15-31(25(24)30-14-5-9-23(30)32)26(33)18-7-1-2-8-19(18)27(34)35/h3-4,6,10-11,13,18-19,25H,1-2,5,7-9,12,14-16H2,(H,34,35). The number of nitrogens with zero attached hydrogens (tertiary/aromatic N) is 3. The van der Waals surface area contributed by atoms with Gasteiger partial charge in [-0.3, -0.25) is 19.4 Å². The van der Waals surface area contributed by atoms with Crippen molar-refractivity contribution in [2.45, 2.75) is 57.7 Å². The number of fused-ring (bicyclic) bond motifs is 1. The number of hydrogen-bond donors (Lipinski definition) is 1. The number of hydrogen-bond acceptors (Lipinski definition) is 5. The van der Waals surface area contributed by atoms with Crippen LogP contribution in [0.1, 0.15) is 61.5 Å². The van der Waals surface area contributed by atoms with Gasteiger partial charge in [-0.25, -0.2) is 0 Å². The first kappa shape index (κ1) is 24.6. The summed E-state index contributed by atoms with van der Waals surface area (Å²) in [4.78, 5) is 46.7. The first-order valence-corrected chi connectivity index (χ1v) is 13.0. The van der Waals surface area contributed by atoms with Gasteiger partial charge in [-0.1, -0.05) is 30.5 Å². The number of rotatable bonds is 6. The van der Waals surface area contributed by atoms with E-state index in [-0.39, 0.29) is 18.4 Å². The highest BCUT2D eigenvalue weighted by Crippen LogP contribution is 2.45. The summed E-state index contributed by atoms with van der Waals surface area (Å²) in [6.45, 7) is 1.12. The fourth-order valence-corrected chi connectivity index (χ4v) is 6.10. The Morgan fingerprint density at radius 3 is 2.56 bits per heavy atom. The number of carbonyl (C=O) groups is 3. The molecular weight excluding hydrogens is 482 g/mol. The van der Waals surface area contributed by atoms with Crippen LogP contribution in [0.15, 0.2) is 36.5 Å². The maximum atomic E-state index is 14.0. The summed E-state index contributed by atoms with van der Waals surface area (Å²) in [5.74, 6) is -1.91. The molecule has 36 heavy (non-hydrogen) atoms. The van der Waals surface area contributed by atoms with E-state index < -0.39 is 24.0 Å². The molecule has 0 spiro atoms. The minimum absolute atomic E-state index is 0.0280. The zero-order valence-corrected chi connectivity index (χ0v) is 20.8.